The van der Waals surface area contributed by atoms with E-state index in [4.69, 9.17) is 10.5 Å². The molecule has 0 unspecified atom stereocenters. The molecule has 0 atom stereocenters. The van der Waals surface area contributed by atoms with Crippen LogP contribution in [0.3, 0.4) is 0 Å². The number of rotatable bonds is 3. The number of aliphatic carboxylic acids is 1. The minimum absolute atomic E-state index is 0.0868. The lowest BCUT2D eigenvalue weighted by molar-refractivity contribution is -0.138. The molecule has 1 aliphatic heterocycles. The maximum absolute atomic E-state index is 10.3. The highest BCUT2D eigenvalue weighted by Gasteiger charge is 2.32. The third-order valence-corrected chi connectivity index (χ3v) is 1.68. The van der Waals surface area contributed by atoms with Gasteiger partial charge in [0.1, 0.15) is 5.66 Å². The molecule has 5 heteroatoms. The van der Waals surface area contributed by atoms with E-state index in [1.165, 1.54) is 0 Å². The summed E-state index contributed by atoms with van der Waals surface area (Å²) >= 11 is 0. The molecule has 5 nitrogen and oxygen atoms in total. The highest BCUT2D eigenvalue weighted by Crippen LogP contribution is 2.06. The van der Waals surface area contributed by atoms with Crippen LogP contribution in [0.4, 0.5) is 0 Å². The Morgan fingerprint density at radius 1 is 1.64 bits per heavy atom. The van der Waals surface area contributed by atoms with E-state index in [2.05, 4.69) is 10.6 Å². The van der Waals surface area contributed by atoms with E-state index < -0.39 is 11.6 Å². The summed E-state index contributed by atoms with van der Waals surface area (Å²) in [7, 11) is 0. The molecule has 1 heterocycles. The van der Waals surface area contributed by atoms with Crippen LogP contribution in [0.1, 0.15) is 6.42 Å². The molecule has 1 aliphatic rings. The summed E-state index contributed by atoms with van der Waals surface area (Å²) < 4.78 is 0. The predicted octanol–water partition coefficient (Wildman–Crippen LogP) is -1.00. The van der Waals surface area contributed by atoms with Crippen molar-refractivity contribution in [1.82, 2.24) is 10.6 Å². The van der Waals surface area contributed by atoms with Gasteiger partial charge in [-0.2, -0.15) is 0 Å². The molecule has 0 aliphatic carbocycles. The summed E-state index contributed by atoms with van der Waals surface area (Å²) in [6, 6.07) is 0. The Labute approximate surface area is 64.3 Å². The molecule has 11 heavy (non-hydrogen) atoms. The summed E-state index contributed by atoms with van der Waals surface area (Å²) in [5.74, 6) is -0.907. The number of carboxylic acids is 1. The topological polar surface area (TPSA) is 85.2 Å². The quantitative estimate of drug-likeness (QED) is 0.396. The van der Waals surface area contributed by atoms with E-state index in [0.717, 1.165) is 6.21 Å². The fourth-order valence-corrected chi connectivity index (χ4v) is 1.15. The molecule has 0 bridgehead atoms. The van der Waals surface area contributed by atoms with Gasteiger partial charge in [0.15, 0.2) is 0 Å². The van der Waals surface area contributed by atoms with Crippen molar-refractivity contribution in [3.8, 4) is 0 Å². The zero-order chi connectivity index (χ0) is 8.32. The molecule has 1 rings (SSSR count). The lowest BCUT2D eigenvalue weighted by Crippen LogP contribution is -2.51. The molecule has 0 aromatic rings. The van der Waals surface area contributed by atoms with Crippen LogP contribution in [-0.4, -0.2) is 36.0 Å². The van der Waals surface area contributed by atoms with Gasteiger partial charge >= 0.3 is 5.97 Å². The molecule has 0 aromatic carbocycles. The second kappa shape index (κ2) is 2.98. The highest BCUT2D eigenvalue weighted by atomic mass is 16.4. The van der Waals surface area contributed by atoms with Gasteiger partial charge in [-0.25, -0.2) is 0 Å². The Balaban J connectivity index is 2.59. The van der Waals surface area contributed by atoms with Crippen molar-refractivity contribution >= 4 is 12.2 Å². The van der Waals surface area contributed by atoms with E-state index in [1.54, 1.807) is 0 Å². The molecule has 1 fully saturated rings. The molecule has 4 N–H and O–H groups in total. The summed E-state index contributed by atoms with van der Waals surface area (Å²) in [5, 5.41) is 21.3. The van der Waals surface area contributed by atoms with Gasteiger partial charge in [-0.3, -0.25) is 15.4 Å². The van der Waals surface area contributed by atoms with E-state index in [9.17, 15) is 4.79 Å². The summed E-state index contributed by atoms with van der Waals surface area (Å²) in [4.78, 5) is 10.3. The SMILES string of the molecule is N=CC1(CC(=O)O)NCCN1. The molecule has 62 valence electrons. The van der Waals surface area contributed by atoms with Crippen molar-refractivity contribution in [2.75, 3.05) is 13.1 Å². The van der Waals surface area contributed by atoms with Crippen LogP contribution in [-0.2, 0) is 4.79 Å². The fourth-order valence-electron chi connectivity index (χ4n) is 1.15. The zero-order valence-electron chi connectivity index (χ0n) is 6.05. The lowest BCUT2D eigenvalue weighted by atomic mass is 10.1. The molecule has 0 radical (unpaired) electrons. The number of hydrogen-bond donors (Lipinski definition) is 4. The maximum atomic E-state index is 10.3. The second-order valence-electron chi connectivity index (χ2n) is 2.54. The first-order valence-electron chi connectivity index (χ1n) is 3.42. The van der Waals surface area contributed by atoms with Crippen LogP contribution >= 0.6 is 0 Å². The monoisotopic (exact) mass is 157 g/mol. The summed E-state index contributed by atoms with van der Waals surface area (Å²) in [6.07, 6.45) is 1.02. The molecule has 0 amide bonds. The minimum atomic E-state index is -0.907. The third-order valence-electron chi connectivity index (χ3n) is 1.68. The van der Waals surface area contributed by atoms with Gasteiger partial charge in [-0.05, 0) is 0 Å². The molecular weight excluding hydrogens is 146 g/mol. The van der Waals surface area contributed by atoms with E-state index in [1.807, 2.05) is 0 Å². The lowest BCUT2D eigenvalue weighted by Gasteiger charge is -2.21. The Morgan fingerprint density at radius 2 is 2.18 bits per heavy atom. The van der Waals surface area contributed by atoms with Crippen molar-refractivity contribution in [3.63, 3.8) is 0 Å². The van der Waals surface area contributed by atoms with Crippen molar-refractivity contribution in [1.29, 1.82) is 5.41 Å². The third kappa shape index (κ3) is 1.75. The van der Waals surface area contributed by atoms with E-state index >= 15 is 0 Å². The largest absolute Gasteiger partial charge is 0.481 e. The second-order valence-corrected chi connectivity index (χ2v) is 2.54. The summed E-state index contributed by atoms with van der Waals surface area (Å²) in [6.45, 7) is 1.42. The van der Waals surface area contributed by atoms with Gasteiger partial charge in [-0.15, -0.1) is 0 Å². The fraction of sp³-hybridized carbons (Fsp3) is 0.667. The van der Waals surface area contributed by atoms with Crippen molar-refractivity contribution in [3.05, 3.63) is 0 Å². The van der Waals surface area contributed by atoms with Crippen LogP contribution in [0.2, 0.25) is 0 Å². The Bertz CT molecular complexity index is 175. The Morgan fingerprint density at radius 3 is 2.55 bits per heavy atom. The smallest absolute Gasteiger partial charge is 0.307 e. The van der Waals surface area contributed by atoms with Gasteiger partial charge in [-0.1, -0.05) is 0 Å². The van der Waals surface area contributed by atoms with Crippen molar-refractivity contribution in [2.45, 2.75) is 12.1 Å². The first kappa shape index (κ1) is 8.16. The Kier molecular flexibility index (Phi) is 2.21. The molecule has 0 spiro atoms. The van der Waals surface area contributed by atoms with Crippen LogP contribution in [0.25, 0.3) is 0 Å². The van der Waals surface area contributed by atoms with Gasteiger partial charge in [0.25, 0.3) is 0 Å². The average molecular weight is 157 g/mol. The predicted molar refractivity (Wildman–Crippen MR) is 39.8 cm³/mol. The maximum Gasteiger partial charge on any atom is 0.307 e. The number of carbonyl (C=O) groups is 1. The van der Waals surface area contributed by atoms with Gasteiger partial charge in [0.2, 0.25) is 0 Å². The van der Waals surface area contributed by atoms with E-state index in [0.29, 0.717) is 13.1 Å². The average Bonchev–Trinajstić information content (AvgIpc) is 2.36. The molecule has 1 saturated heterocycles. The number of hydrogen-bond acceptors (Lipinski definition) is 4. The first-order valence-corrected chi connectivity index (χ1v) is 3.42. The molecule has 0 saturated carbocycles. The van der Waals surface area contributed by atoms with Crippen LogP contribution in [0.15, 0.2) is 0 Å². The molecule has 0 aromatic heterocycles. The van der Waals surface area contributed by atoms with Crippen LogP contribution < -0.4 is 10.6 Å². The Hall–Kier alpha value is -0.940. The normalized spacial score (nSPS) is 21.5. The minimum Gasteiger partial charge on any atom is -0.481 e. The zero-order valence-corrected chi connectivity index (χ0v) is 6.05. The van der Waals surface area contributed by atoms with Gasteiger partial charge in [0, 0.05) is 19.3 Å². The van der Waals surface area contributed by atoms with Gasteiger partial charge in [0.05, 0.1) is 6.42 Å². The van der Waals surface area contributed by atoms with Crippen LogP contribution in [0.5, 0.6) is 0 Å². The number of carboxylic acid groups (broad SMARTS) is 1. The molecular formula is C6H11N3O2. The summed E-state index contributed by atoms with van der Waals surface area (Å²) in [5.41, 5.74) is -0.800. The standard InChI is InChI=1S/C6H11N3O2/c7-4-6(3-5(10)11)8-1-2-9-6/h4,7-9H,1-3H2,(H,10,11). The van der Waals surface area contributed by atoms with Crippen molar-refractivity contribution in [2.24, 2.45) is 0 Å². The first-order chi connectivity index (χ1) is 5.18. The highest BCUT2D eigenvalue weighted by molar-refractivity contribution is 5.78. The van der Waals surface area contributed by atoms with Gasteiger partial charge < -0.3 is 10.5 Å². The van der Waals surface area contributed by atoms with Crippen LogP contribution in [0, 0.1) is 5.41 Å². The van der Waals surface area contributed by atoms with E-state index in [-0.39, 0.29) is 6.42 Å². The van der Waals surface area contributed by atoms with Crippen molar-refractivity contribution < 1.29 is 9.90 Å². The number of nitrogens with one attached hydrogen (secondary N) is 3.